The maximum atomic E-state index is 12.5. The third-order valence-electron chi connectivity index (χ3n) is 3.98. The van der Waals surface area contributed by atoms with Gasteiger partial charge < -0.3 is 19.5 Å². The molecule has 1 amide bonds. The predicted molar refractivity (Wildman–Crippen MR) is 80.2 cm³/mol. The first-order valence-corrected chi connectivity index (χ1v) is 7.83. The van der Waals surface area contributed by atoms with E-state index in [1.807, 2.05) is 24.3 Å². The van der Waals surface area contributed by atoms with Gasteiger partial charge in [0.15, 0.2) is 5.79 Å². The molecule has 0 aliphatic carbocycles. The van der Waals surface area contributed by atoms with Crippen molar-refractivity contribution in [3.05, 3.63) is 34.3 Å². The lowest BCUT2D eigenvalue weighted by Crippen LogP contribution is -2.42. The lowest BCUT2D eigenvalue weighted by molar-refractivity contribution is -0.152. The van der Waals surface area contributed by atoms with Crippen LogP contribution in [0.15, 0.2) is 28.7 Å². The Bertz CT molecular complexity index is 582. The standard InChI is InChI=1S/C15H16BrNO5/c16-11-3-1-10(2-4-11)7-13(18)17-9-15(21-5-6-22-15)8-12(17)14(19)20/h1-4,12H,5-9H2,(H,19,20). The number of rotatable bonds is 3. The number of ether oxygens (including phenoxy) is 2. The SMILES string of the molecule is O=C(O)C1CC2(CN1C(=O)Cc1ccc(Br)cc1)OCCO2. The van der Waals surface area contributed by atoms with E-state index >= 15 is 0 Å². The Balaban J connectivity index is 1.74. The summed E-state index contributed by atoms with van der Waals surface area (Å²) in [5, 5.41) is 9.37. The minimum Gasteiger partial charge on any atom is -0.480 e. The second-order valence-electron chi connectivity index (χ2n) is 5.49. The summed E-state index contributed by atoms with van der Waals surface area (Å²) >= 11 is 3.34. The van der Waals surface area contributed by atoms with E-state index in [4.69, 9.17) is 9.47 Å². The number of halogens is 1. The molecule has 0 radical (unpaired) electrons. The number of carboxylic acids is 1. The Labute approximate surface area is 136 Å². The molecular weight excluding hydrogens is 354 g/mol. The molecule has 1 unspecified atom stereocenters. The van der Waals surface area contributed by atoms with Gasteiger partial charge in [0, 0.05) is 10.9 Å². The fourth-order valence-electron chi connectivity index (χ4n) is 2.91. The highest BCUT2D eigenvalue weighted by atomic mass is 79.9. The first-order chi connectivity index (χ1) is 10.5. The molecule has 1 N–H and O–H groups in total. The average Bonchev–Trinajstić information content (AvgIpc) is 3.09. The Hall–Kier alpha value is -1.44. The molecule has 2 aliphatic rings. The number of hydrogen-bond donors (Lipinski definition) is 1. The monoisotopic (exact) mass is 369 g/mol. The summed E-state index contributed by atoms with van der Waals surface area (Å²) in [5.41, 5.74) is 0.839. The molecule has 7 heteroatoms. The van der Waals surface area contributed by atoms with Crippen LogP contribution in [0.2, 0.25) is 0 Å². The van der Waals surface area contributed by atoms with E-state index in [0.717, 1.165) is 10.0 Å². The van der Waals surface area contributed by atoms with Crippen LogP contribution in [0.3, 0.4) is 0 Å². The maximum absolute atomic E-state index is 12.5. The largest absolute Gasteiger partial charge is 0.480 e. The summed E-state index contributed by atoms with van der Waals surface area (Å²) in [6, 6.07) is 6.48. The molecule has 0 saturated carbocycles. The van der Waals surface area contributed by atoms with Crippen LogP contribution in [0, 0.1) is 0 Å². The van der Waals surface area contributed by atoms with Crippen LogP contribution in [0.4, 0.5) is 0 Å². The molecule has 1 aromatic rings. The van der Waals surface area contributed by atoms with Gasteiger partial charge in [-0.15, -0.1) is 0 Å². The van der Waals surface area contributed by atoms with Crippen molar-refractivity contribution in [2.75, 3.05) is 19.8 Å². The van der Waals surface area contributed by atoms with Crippen molar-refractivity contribution in [1.82, 2.24) is 4.90 Å². The van der Waals surface area contributed by atoms with E-state index in [2.05, 4.69) is 15.9 Å². The van der Waals surface area contributed by atoms with Crippen LogP contribution < -0.4 is 0 Å². The molecule has 2 fully saturated rings. The number of benzene rings is 1. The molecule has 0 aromatic heterocycles. The summed E-state index contributed by atoms with van der Waals surface area (Å²) in [6.07, 6.45) is 0.335. The Morgan fingerprint density at radius 2 is 1.91 bits per heavy atom. The zero-order chi connectivity index (χ0) is 15.7. The van der Waals surface area contributed by atoms with Gasteiger partial charge in [-0.3, -0.25) is 4.79 Å². The predicted octanol–water partition coefficient (Wildman–Crippen LogP) is 1.42. The quantitative estimate of drug-likeness (QED) is 0.871. The molecule has 22 heavy (non-hydrogen) atoms. The summed E-state index contributed by atoms with van der Waals surface area (Å²) in [4.78, 5) is 25.3. The molecule has 2 aliphatic heterocycles. The highest BCUT2D eigenvalue weighted by Gasteiger charge is 2.52. The van der Waals surface area contributed by atoms with Gasteiger partial charge in [0.2, 0.25) is 5.91 Å². The number of amides is 1. The van der Waals surface area contributed by atoms with Crippen molar-refractivity contribution >= 4 is 27.8 Å². The van der Waals surface area contributed by atoms with Crippen LogP contribution in [0.25, 0.3) is 0 Å². The zero-order valence-corrected chi connectivity index (χ0v) is 13.4. The van der Waals surface area contributed by atoms with Crippen molar-refractivity contribution in [3.8, 4) is 0 Å². The van der Waals surface area contributed by atoms with Crippen molar-refractivity contribution in [1.29, 1.82) is 0 Å². The van der Waals surface area contributed by atoms with E-state index < -0.39 is 17.8 Å². The molecule has 1 atom stereocenters. The van der Waals surface area contributed by atoms with Crippen LogP contribution in [-0.4, -0.2) is 53.5 Å². The minimum absolute atomic E-state index is 0.160. The summed E-state index contributed by atoms with van der Waals surface area (Å²) < 4.78 is 12.0. The van der Waals surface area contributed by atoms with Crippen LogP contribution in [0.5, 0.6) is 0 Å². The minimum atomic E-state index is -1.03. The lowest BCUT2D eigenvalue weighted by atomic mass is 10.1. The summed E-state index contributed by atoms with van der Waals surface area (Å²) in [6.45, 7) is 1.03. The number of likely N-dealkylation sites (tertiary alicyclic amines) is 1. The summed E-state index contributed by atoms with van der Waals surface area (Å²) in [5.74, 6) is -2.20. The normalized spacial score (nSPS) is 23.1. The molecule has 2 saturated heterocycles. The second-order valence-corrected chi connectivity index (χ2v) is 6.41. The number of hydrogen-bond acceptors (Lipinski definition) is 4. The number of nitrogens with zero attached hydrogens (tertiary/aromatic N) is 1. The Kier molecular flexibility index (Phi) is 4.20. The van der Waals surface area contributed by atoms with Crippen LogP contribution in [0.1, 0.15) is 12.0 Å². The van der Waals surface area contributed by atoms with E-state index in [-0.39, 0.29) is 25.3 Å². The van der Waals surface area contributed by atoms with E-state index in [1.165, 1.54) is 4.90 Å². The van der Waals surface area contributed by atoms with Gasteiger partial charge in [0.25, 0.3) is 0 Å². The van der Waals surface area contributed by atoms with Crippen molar-refractivity contribution in [2.45, 2.75) is 24.7 Å². The van der Waals surface area contributed by atoms with Crippen molar-refractivity contribution < 1.29 is 24.2 Å². The lowest BCUT2D eigenvalue weighted by Gasteiger charge is -2.23. The van der Waals surface area contributed by atoms with Gasteiger partial charge in [-0.05, 0) is 17.7 Å². The molecule has 0 bridgehead atoms. The topological polar surface area (TPSA) is 76.1 Å². The number of carbonyl (C=O) groups excluding carboxylic acids is 1. The Morgan fingerprint density at radius 3 is 2.50 bits per heavy atom. The van der Waals surface area contributed by atoms with E-state index in [1.54, 1.807) is 0 Å². The molecule has 1 aromatic carbocycles. The molecular formula is C15H16BrNO5. The van der Waals surface area contributed by atoms with E-state index in [0.29, 0.717) is 13.2 Å². The maximum Gasteiger partial charge on any atom is 0.326 e. The van der Waals surface area contributed by atoms with Gasteiger partial charge in [0.05, 0.1) is 26.2 Å². The fraction of sp³-hybridized carbons (Fsp3) is 0.467. The zero-order valence-electron chi connectivity index (χ0n) is 11.8. The fourth-order valence-corrected chi connectivity index (χ4v) is 3.17. The number of aliphatic carboxylic acids is 1. The van der Waals surface area contributed by atoms with Gasteiger partial charge >= 0.3 is 5.97 Å². The number of carboxylic acid groups (broad SMARTS) is 1. The third kappa shape index (κ3) is 3.02. The van der Waals surface area contributed by atoms with Crippen molar-refractivity contribution in [2.24, 2.45) is 0 Å². The van der Waals surface area contributed by atoms with Crippen LogP contribution in [-0.2, 0) is 25.5 Å². The number of carbonyl (C=O) groups is 2. The second kappa shape index (κ2) is 5.98. The molecule has 1 spiro atoms. The highest BCUT2D eigenvalue weighted by molar-refractivity contribution is 9.10. The highest BCUT2D eigenvalue weighted by Crippen LogP contribution is 2.35. The van der Waals surface area contributed by atoms with Crippen LogP contribution >= 0.6 is 15.9 Å². The smallest absolute Gasteiger partial charge is 0.326 e. The first-order valence-electron chi connectivity index (χ1n) is 7.04. The van der Waals surface area contributed by atoms with Gasteiger partial charge in [0.1, 0.15) is 6.04 Å². The third-order valence-corrected chi connectivity index (χ3v) is 4.51. The molecule has 3 rings (SSSR count). The summed E-state index contributed by atoms with van der Waals surface area (Å²) in [7, 11) is 0. The van der Waals surface area contributed by atoms with E-state index in [9.17, 15) is 14.7 Å². The first kappa shape index (κ1) is 15.5. The van der Waals surface area contributed by atoms with Crippen molar-refractivity contribution in [3.63, 3.8) is 0 Å². The van der Waals surface area contributed by atoms with Gasteiger partial charge in [-0.25, -0.2) is 4.79 Å². The molecule has 6 nitrogen and oxygen atoms in total. The van der Waals surface area contributed by atoms with Gasteiger partial charge in [-0.1, -0.05) is 28.1 Å². The Morgan fingerprint density at radius 1 is 1.27 bits per heavy atom. The molecule has 2 heterocycles. The van der Waals surface area contributed by atoms with Gasteiger partial charge in [-0.2, -0.15) is 0 Å². The molecule has 118 valence electrons. The average molecular weight is 370 g/mol.